The quantitative estimate of drug-likeness (QED) is 0.449. The van der Waals surface area contributed by atoms with E-state index in [1.165, 1.54) is 7.11 Å². The van der Waals surface area contributed by atoms with E-state index < -0.39 is 0 Å². The number of amides is 1. The number of carbonyl (C=O) groups excluding carboxylic acids is 1. The number of ether oxygens (including phenoxy) is 1. The molecule has 1 heterocycles. The fourth-order valence-electron chi connectivity index (χ4n) is 3.04. The Morgan fingerprint density at radius 3 is 2.62 bits per heavy atom. The molecule has 0 fully saturated rings. The number of aromatic nitrogens is 1. The molecule has 0 saturated heterocycles. The highest BCUT2D eigenvalue weighted by Gasteiger charge is 2.13. The van der Waals surface area contributed by atoms with Crippen LogP contribution in [0, 0.1) is 13.8 Å². The third-order valence-electron chi connectivity index (χ3n) is 4.79. The van der Waals surface area contributed by atoms with Crippen LogP contribution in [0.5, 0.6) is 5.75 Å². The summed E-state index contributed by atoms with van der Waals surface area (Å²) >= 11 is 6.12. The lowest BCUT2D eigenvalue weighted by atomic mass is 10.1. The Balaban J connectivity index is 1.60. The SMILES string of the molecule is COc1ccc(C(=O)Nc2cccc(-c3nc4cc(C)c(C)cc4o3)c2)cc1Cl. The van der Waals surface area contributed by atoms with Gasteiger partial charge in [-0.15, -0.1) is 0 Å². The highest BCUT2D eigenvalue weighted by atomic mass is 35.5. The molecule has 6 heteroatoms. The summed E-state index contributed by atoms with van der Waals surface area (Å²) in [4.78, 5) is 17.2. The van der Waals surface area contributed by atoms with Gasteiger partial charge in [-0.2, -0.15) is 0 Å². The minimum Gasteiger partial charge on any atom is -0.495 e. The average Bonchev–Trinajstić information content (AvgIpc) is 3.11. The van der Waals surface area contributed by atoms with E-state index in [0.717, 1.165) is 27.8 Å². The number of aryl methyl sites for hydroxylation is 2. The summed E-state index contributed by atoms with van der Waals surface area (Å²) < 4.78 is 11.0. The molecule has 4 rings (SSSR count). The minimum absolute atomic E-state index is 0.268. The number of halogens is 1. The first-order chi connectivity index (χ1) is 13.9. The van der Waals surface area contributed by atoms with Crippen molar-refractivity contribution >= 4 is 34.3 Å². The van der Waals surface area contributed by atoms with Gasteiger partial charge in [-0.3, -0.25) is 4.79 Å². The van der Waals surface area contributed by atoms with Gasteiger partial charge in [0.2, 0.25) is 5.89 Å². The number of methoxy groups -OCH3 is 1. The number of nitrogens with zero attached hydrogens (tertiary/aromatic N) is 1. The molecule has 0 saturated carbocycles. The maximum atomic E-state index is 12.6. The van der Waals surface area contributed by atoms with Gasteiger partial charge in [-0.25, -0.2) is 4.98 Å². The van der Waals surface area contributed by atoms with E-state index in [4.69, 9.17) is 20.8 Å². The van der Waals surface area contributed by atoms with Gasteiger partial charge in [0.15, 0.2) is 5.58 Å². The molecule has 0 bridgehead atoms. The van der Waals surface area contributed by atoms with Crippen LogP contribution >= 0.6 is 11.6 Å². The fourth-order valence-corrected chi connectivity index (χ4v) is 3.30. The molecule has 29 heavy (non-hydrogen) atoms. The maximum Gasteiger partial charge on any atom is 0.255 e. The van der Waals surface area contributed by atoms with Gasteiger partial charge < -0.3 is 14.5 Å². The lowest BCUT2D eigenvalue weighted by Crippen LogP contribution is -2.11. The van der Waals surface area contributed by atoms with Crippen molar-refractivity contribution in [3.05, 3.63) is 76.3 Å². The van der Waals surface area contributed by atoms with Gasteiger partial charge in [0.25, 0.3) is 5.91 Å². The van der Waals surface area contributed by atoms with Gasteiger partial charge in [0.05, 0.1) is 12.1 Å². The van der Waals surface area contributed by atoms with Crippen LogP contribution in [-0.2, 0) is 0 Å². The number of oxazole rings is 1. The van der Waals surface area contributed by atoms with Crippen LogP contribution in [0.2, 0.25) is 5.02 Å². The van der Waals surface area contributed by atoms with Crippen molar-refractivity contribution in [3.8, 4) is 17.2 Å². The number of nitrogens with one attached hydrogen (secondary N) is 1. The lowest BCUT2D eigenvalue weighted by Gasteiger charge is -2.08. The third kappa shape index (κ3) is 3.82. The summed E-state index contributed by atoms with van der Waals surface area (Å²) in [6.45, 7) is 4.09. The zero-order chi connectivity index (χ0) is 20.5. The van der Waals surface area contributed by atoms with Gasteiger partial charge in [-0.1, -0.05) is 17.7 Å². The highest BCUT2D eigenvalue weighted by Crippen LogP contribution is 2.29. The predicted molar refractivity (Wildman–Crippen MR) is 115 cm³/mol. The summed E-state index contributed by atoms with van der Waals surface area (Å²) in [5, 5.41) is 3.26. The zero-order valence-electron chi connectivity index (χ0n) is 16.2. The van der Waals surface area contributed by atoms with Crippen molar-refractivity contribution in [1.82, 2.24) is 4.98 Å². The molecule has 0 spiro atoms. The second-order valence-electron chi connectivity index (χ2n) is 6.81. The summed E-state index contributed by atoms with van der Waals surface area (Å²) in [6.07, 6.45) is 0. The van der Waals surface area contributed by atoms with Crippen LogP contribution in [0.25, 0.3) is 22.6 Å². The molecule has 146 valence electrons. The fraction of sp³-hybridized carbons (Fsp3) is 0.130. The second kappa shape index (κ2) is 7.60. The number of carbonyl (C=O) groups is 1. The van der Waals surface area contributed by atoms with E-state index in [1.807, 2.05) is 50.2 Å². The Morgan fingerprint density at radius 1 is 1.07 bits per heavy atom. The third-order valence-corrected chi connectivity index (χ3v) is 5.08. The maximum absolute atomic E-state index is 12.6. The molecular weight excluding hydrogens is 388 g/mol. The van der Waals surface area contributed by atoms with E-state index in [9.17, 15) is 4.79 Å². The molecule has 1 amide bonds. The van der Waals surface area contributed by atoms with Crippen LogP contribution in [-0.4, -0.2) is 18.0 Å². The molecule has 0 aliphatic heterocycles. The number of hydrogen-bond acceptors (Lipinski definition) is 4. The molecule has 3 aromatic carbocycles. The van der Waals surface area contributed by atoms with Crippen LogP contribution in [0.4, 0.5) is 5.69 Å². The molecule has 1 aromatic heterocycles. The Morgan fingerprint density at radius 2 is 1.86 bits per heavy atom. The molecule has 0 radical (unpaired) electrons. The molecule has 1 N–H and O–H groups in total. The Hall–Kier alpha value is -3.31. The van der Waals surface area contributed by atoms with Crippen molar-refractivity contribution in [2.24, 2.45) is 0 Å². The molecule has 0 aliphatic carbocycles. The first kappa shape index (κ1) is 19.0. The Labute approximate surface area is 173 Å². The molecule has 4 aromatic rings. The number of rotatable bonds is 4. The zero-order valence-corrected chi connectivity index (χ0v) is 17.0. The number of hydrogen-bond donors (Lipinski definition) is 1. The van der Waals surface area contributed by atoms with Crippen molar-refractivity contribution in [2.75, 3.05) is 12.4 Å². The first-order valence-electron chi connectivity index (χ1n) is 9.08. The Kier molecular flexibility index (Phi) is 4.99. The highest BCUT2D eigenvalue weighted by molar-refractivity contribution is 6.32. The van der Waals surface area contributed by atoms with Gasteiger partial charge in [0.1, 0.15) is 11.3 Å². The summed E-state index contributed by atoms with van der Waals surface area (Å²) in [5.74, 6) is 0.760. The van der Waals surface area contributed by atoms with Crippen molar-refractivity contribution < 1.29 is 13.9 Å². The van der Waals surface area contributed by atoms with Crippen LogP contribution in [0.1, 0.15) is 21.5 Å². The molecule has 0 aliphatic rings. The molecule has 0 unspecified atom stereocenters. The average molecular weight is 407 g/mol. The van der Waals surface area contributed by atoms with Crippen molar-refractivity contribution in [3.63, 3.8) is 0 Å². The van der Waals surface area contributed by atoms with Crippen LogP contribution in [0.15, 0.2) is 59.0 Å². The Bertz CT molecular complexity index is 1190. The monoisotopic (exact) mass is 406 g/mol. The summed E-state index contributed by atoms with van der Waals surface area (Å²) in [5.41, 5.74) is 5.72. The minimum atomic E-state index is -0.268. The van der Waals surface area contributed by atoms with E-state index >= 15 is 0 Å². The normalized spacial score (nSPS) is 10.9. The van der Waals surface area contributed by atoms with Crippen LogP contribution in [0.3, 0.4) is 0 Å². The lowest BCUT2D eigenvalue weighted by molar-refractivity contribution is 0.102. The van der Waals surface area contributed by atoms with Gasteiger partial charge in [0, 0.05) is 16.8 Å². The summed E-state index contributed by atoms with van der Waals surface area (Å²) in [7, 11) is 1.53. The standard InChI is InChI=1S/C23H19ClN2O3/c1-13-9-19-21(10-14(13)2)29-23(26-19)16-5-4-6-17(11-16)25-22(27)15-7-8-20(28-3)18(24)12-15/h4-12H,1-3H3,(H,25,27). The molecule has 0 atom stereocenters. The predicted octanol–water partition coefficient (Wildman–Crippen LogP) is 6.03. The van der Waals surface area contributed by atoms with E-state index in [-0.39, 0.29) is 5.91 Å². The topological polar surface area (TPSA) is 64.4 Å². The number of anilines is 1. The molecule has 5 nitrogen and oxygen atoms in total. The summed E-state index contributed by atoms with van der Waals surface area (Å²) in [6, 6.07) is 16.3. The van der Waals surface area contributed by atoms with E-state index in [1.54, 1.807) is 18.2 Å². The number of benzene rings is 3. The van der Waals surface area contributed by atoms with E-state index in [2.05, 4.69) is 10.3 Å². The second-order valence-corrected chi connectivity index (χ2v) is 7.21. The van der Waals surface area contributed by atoms with Gasteiger partial charge >= 0.3 is 0 Å². The number of fused-ring (bicyclic) bond motifs is 1. The largest absolute Gasteiger partial charge is 0.495 e. The van der Waals surface area contributed by atoms with Gasteiger partial charge in [-0.05, 0) is 73.5 Å². The van der Waals surface area contributed by atoms with Crippen molar-refractivity contribution in [1.29, 1.82) is 0 Å². The van der Waals surface area contributed by atoms with Crippen LogP contribution < -0.4 is 10.1 Å². The smallest absolute Gasteiger partial charge is 0.255 e. The molecular formula is C23H19ClN2O3. The first-order valence-corrected chi connectivity index (χ1v) is 9.45. The van der Waals surface area contributed by atoms with E-state index in [0.29, 0.717) is 27.9 Å². The van der Waals surface area contributed by atoms with Crippen molar-refractivity contribution in [2.45, 2.75) is 13.8 Å².